The second-order valence-electron chi connectivity index (χ2n) is 20.1. The van der Waals surface area contributed by atoms with Gasteiger partial charge in [0.1, 0.15) is 24.0 Å². The molecule has 6 heteroatoms. The van der Waals surface area contributed by atoms with E-state index < -0.39 is 0 Å². The van der Waals surface area contributed by atoms with E-state index in [0.717, 1.165) is 45.4 Å². The zero-order valence-electron chi connectivity index (χ0n) is 39.3. The summed E-state index contributed by atoms with van der Waals surface area (Å²) in [5.41, 5.74) is 14.0. The first-order chi connectivity index (χ1) is 33.0. The molecule has 0 unspecified atom stereocenters. The van der Waals surface area contributed by atoms with E-state index >= 15 is 0 Å². The highest BCUT2D eigenvalue weighted by Crippen LogP contribution is 2.52. The number of para-hydroxylation sites is 2. The molecule has 0 amide bonds. The third-order valence-electron chi connectivity index (χ3n) is 13.6. The van der Waals surface area contributed by atoms with Gasteiger partial charge in [-0.05, 0) is 106 Å². The Kier molecular flexibility index (Phi) is 9.82. The number of rotatable bonds is 7. The fraction of sp³-hybridized carbons (Fsp3) is 0.145. The van der Waals surface area contributed by atoms with Gasteiger partial charge in [-0.25, -0.2) is 4.98 Å². The van der Waals surface area contributed by atoms with Crippen molar-refractivity contribution in [3.63, 3.8) is 0 Å². The van der Waals surface area contributed by atoms with Crippen LogP contribution in [0.15, 0.2) is 194 Å². The Bertz CT molecular complexity index is 3660. The highest BCUT2D eigenvalue weighted by Gasteiger charge is 2.33. The van der Waals surface area contributed by atoms with Gasteiger partial charge in [0, 0.05) is 66.1 Å². The van der Waals surface area contributed by atoms with Crippen molar-refractivity contribution in [2.45, 2.75) is 52.4 Å². The van der Waals surface area contributed by atoms with E-state index in [9.17, 15) is 0 Å². The first-order valence-electron chi connectivity index (χ1n) is 23.5. The van der Waals surface area contributed by atoms with Gasteiger partial charge in [0.05, 0.1) is 28.1 Å². The molecule has 0 bridgehead atoms. The van der Waals surface area contributed by atoms with Crippen molar-refractivity contribution in [2.24, 2.45) is 0 Å². The predicted molar refractivity (Wildman–Crippen MR) is 288 cm³/mol. The monoisotopic (exact) mass is 900 g/mol. The van der Waals surface area contributed by atoms with Crippen LogP contribution in [0.4, 0.5) is 22.7 Å². The molecule has 0 atom stereocenters. The number of hydrogen-bond acceptors (Lipinski definition) is 5. The third-order valence-corrected chi connectivity index (χ3v) is 14.8. The number of fused-ring (bicyclic) bond motifs is 8. The van der Waals surface area contributed by atoms with Crippen LogP contribution in [0, 0.1) is 0 Å². The Hall–Kier alpha value is -7.67. The van der Waals surface area contributed by atoms with Gasteiger partial charge in [-0.1, -0.05) is 145 Å². The fourth-order valence-corrected chi connectivity index (χ4v) is 11.4. The fourth-order valence-electron chi connectivity index (χ4n) is 10.1. The van der Waals surface area contributed by atoms with Crippen molar-refractivity contribution in [2.75, 3.05) is 16.5 Å². The van der Waals surface area contributed by atoms with E-state index in [1.807, 2.05) is 17.5 Å². The molecule has 0 fully saturated rings. The lowest BCUT2D eigenvalue weighted by atomic mass is 9.82. The van der Waals surface area contributed by atoms with Crippen LogP contribution in [-0.4, -0.2) is 16.2 Å². The van der Waals surface area contributed by atoms with E-state index in [1.54, 1.807) is 0 Å². The smallest absolute Gasteiger partial charge is 0.137 e. The van der Waals surface area contributed by atoms with Crippen molar-refractivity contribution < 1.29 is 4.74 Å². The summed E-state index contributed by atoms with van der Waals surface area (Å²) in [4.78, 5) is 9.92. The SMILES string of the molecule is CC(C)(C)c1ccnc(-n2c3cc(Oc4cccc(N5CN(c6c(-c7ccccc7)cc(C(C)(C)C)cc6-c6ccccc6)c6ccccc65)c4)ccc3c3c4sc5ccccc5c4ccc32)c1. The van der Waals surface area contributed by atoms with Gasteiger partial charge < -0.3 is 14.5 Å². The maximum absolute atomic E-state index is 6.91. The molecule has 4 heterocycles. The molecule has 5 nitrogen and oxygen atoms in total. The van der Waals surface area contributed by atoms with Gasteiger partial charge >= 0.3 is 0 Å². The molecule has 0 spiro atoms. The lowest BCUT2D eigenvalue weighted by Crippen LogP contribution is -2.25. The normalized spacial score (nSPS) is 13.0. The van der Waals surface area contributed by atoms with E-state index in [-0.39, 0.29) is 10.8 Å². The van der Waals surface area contributed by atoms with Crippen molar-refractivity contribution in [1.29, 1.82) is 0 Å². The molecule has 12 rings (SSSR count). The minimum absolute atomic E-state index is 0.0351. The highest BCUT2D eigenvalue weighted by atomic mass is 32.1. The minimum Gasteiger partial charge on any atom is -0.457 e. The predicted octanol–water partition coefficient (Wildman–Crippen LogP) is 17.5. The molecule has 1 aliphatic heterocycles. The van der Waals surface area contributed by atoms with Crippen LogP contribution < -0.4 is 14.5 Å². The molecule has 0 saturated carbocycles. The summed E-state index contributed by atoms with van der Waals surface area (Å²) in [6, 6.07) is 68.1. The number of nitrogens with zero attached hydrogens (tertiary/aromatic N) is 4. The van der Waals surface area contributed by atoms with Gasteiger partial charge in [-0.3, -0.25) is 4.57 Å². The molecule has 0 radical (unpaired) electrons. The molecule has 332 valence electrons. The minimum atomic E-state index is -0.0536. The molecule has 0 N–H and O–H groups in total. The summed E-state index contributed by atoms with van der Waals surface area (Å²) < 4.78 is 11.8. The van der Waals surface area contributed by atoms with E-state index in [1.165, 1.54) is 70.0 Å². The van der Waals surface area contributed by atoms with Gasteiger partial charge in [0.2, 0.25) is 0 Å². The molecule has 1 aliphatic rings. The zero-order valence-corrected chi connectivity index (χ0v) is 40.1. The number of hydrogen-bond donors (Lipinski definition) is 0. The lowest BCUT2D eigenvalue weighted by molar-refractivity contribution is 0.483. The zero-order chi connectivity index (χ0) is 46.3. The first kappa shape index (κ1) is 41.7. The van der Waals surface area contributed by atoms with Crippen molar-refractivity contribution in [3.05, 3.63) is 205 Å². The number of pyridine rings is 1. The Morgan fingerprint density at radius 1 is 0.500 bits per heavy atom. The average molecular weight is 901 g/mol. The van der Waals surface area contributed by atoms with Crippen LogP contribution in [0.3, 0.4) is 0 Å². The van der Waals surface area contributed by atoms with Crippen LogP contribution >= 0.6 is 11.3 Å². The summed E-state index contributed by atoms with van der Waals surface area (Å²) in [6.45, 7) is 14.3. The molecule has 0 aliphatic carbocycles. The Balaban J connectivity index is 0.964. The quantitative estimate of drug-likeness (QED) is 0.160. The second kappa shape index (κ2) is 16.0. The Morgan fingerprint density at radius 2 is 1.13 bits per heavy atom. The van der Waals surface area contributed by atoms with E-state index in [2.05, 4.69) is 244 Å². The van der Waals surface area contributed by atoms with Crippen LogP contribution in [0.2, 0.25) is 0 Å². The Morgan fingerprint density at radius 3 is 1.84 bits per heavy atom. The topological polar surface area (TPSA) is 33.5 Å². The van der Waals surface area contributed by atoms with Gasteiger partial charge in [-0.2, -0.15) is 0 Å². The van der Waals surface area contributed by atoms with Crippen molar-refractivity contribution in [1.82, 2.24) is 9.55 Å². The molecule has 68 heavy (non-hydrogen) atoms. The average Bonchev–Trinajstić information content (AvgIpc) is 4.03. The number of aromatic nitrogens is 2. The Labute approximate surface area is 402 Å². The maximum Gasteiger partial charge on any atom is 0.137 e. The standard InChI is InChI=1S/C62H52N4OS/c1-61(2,3)42-32-33-63-57(36-42)66-54-31-30-48-47-24-13-16-27-56(47)68-60(48)58(54)49-29-28-46(38-55(49)66)67-45-23-17-22-44(37-45)64-39-65(53-26-15-14-25-52(53)64)59-50(40-18-9-7-10-19-40)34-43(62(4,5)6)35-51(59)41-20-11-8-12-21-41/h7-38H,39H2,1-6H3. The summed E-state index contributed by atoms with van der Waals surface area (Å²) in [5, 5.41) is 4.99. The van der Waals surface area contributed by atoms with Gasteiger partial charge in [0.15, 0.2) is 0 Å². The van der Waals surface area contributed by atoms with Crippen molar-refractivity contribution >= 4 is 76.1 Å². The number of ether oxygens (including phenoxy) is 1. The van der Waals surface area contributed by atoms with Crippen LogP contribution in [0.5, 0.6) is 11.5 Å². The molecule has 11 aromatic rings. The summed E-state index contributed by atoms with van der Waals surface area (Å²) in [7, 11) is 0. The molecular formula is C62H52N4OS. The molecule has 0 saturated heterocycles. The van der Waals surface area contributed by atoms with E-state index in [0.29, 0.717) is 6.67 Å². The second-order valence-corrected chi connectivity index (χ2v) is 21.1. The van der Waals surface area contributed by atoms with Gasteiger partial charge in [-0.15, -0.1) is 11.3 Å². The molecule has 3 aromatic heterocycles. The maximum atomic E-state index is 6.91. The summed E-state index contributed by atoms with van der Waals surface area (Å²) in [5.74, 6) is 2.43. The lowest BCUT2D eigenvalue weighted by Gasteiger charge is -2.30. The van der Waals surface area contributed by atoms with Gasteiger partial charge in [0.25, 0.3) is 0 Å². The van der Waals surface area contributed by atoms with E-state index in [4.69, 9.17) is 9.72 Å². The molecule has 8 aromatic carbocycles. The third kappa shape index (κ3) is 7.10. The summed E-state index contributed by atoms with van der Waals surface area (Å²) in [6.07, 6.45) is 1.95. The summed E-state index contributed by atoms with van der Waals surface area (Å²) >= 11 is 1.86. The van der Waals surface area contributed by atoms with Crippen LogP contribution in [0.25, 0.3) is 70.0 Å². The molecular weight excluding hydrogens is 849 g/mol. The number of benzene rings is 8. The van der Waals surface area contributed by atoms with Crippen LogP contribution in [-0.2, 0) is 10.8 Å². The van der Waals surface area contributed by atoms with Crippen LogP contribution in [0.1, 0.15) is 52.7 Å². The highest BCUT2D eigenvalue weighted by molar-refractivity contribution is 7.26. The number of anilines is 4. The first-order valence-corrected chi connectivity index (χ1v) is 24.4. The number of thiophene rings is 1. The van der Waals surface area contributed by atoms with Crippen molar-refractivity contribution in [3.8, 4) is 39.6 Å². The largest absolute Gasteiger partial charge is 0.457 e.